The van der Waals surface area contributed by atoms with Crippen LogP contribution in [0, 0.1) is 17.7 Å². The summed E-state index contributed by atoms with van der Waals surface area (Å²) in [6.07, 6.45) is -0.563. The largest absolute Gasteiger partial charge is 0.390 e. The molecule has 0 aliphatic carbocycles. The van der Waals surface area contributed by atoms with Crippen molar-refractivity contribution >= 4 is 23.5 Å². The molecule has 5 nitrogen and oxygen atoms in total. The van der Waals surface area contributed by atoms with Crippen LogP contribution in [0.5, 0.6) is 0 Å². The van der Waals surface area contributed by atoms with E-state index in [1.165, 1.54) is 24.3 Å². The number of nitrogens with one attached hydrogen (secondary N) is 1. The van der Waals surface area contributed by atoms with E-state index in [1.807, 2.05) is 30.3 Å². The molecule has 0 radical (unpaired) electrons. The molecule has 2 aliphatic rings. The quantitative estimate of drug-likeness (QED) is 0.692. The zero-order valence-corrected chi connectivity index (χ0v) is 17.4. The van der Waals surface area contributed by atoms with Gasteiger partial charge in [-0.2, -0.15) is 11.8 Å². The lowest BCUT2D eigenvalue weighted by Crippen LogP contribution is -2.47. The molecule has 2 aromatic carbocycles. The second-order valence-corrected chi connectivity index (χ2v) is 9.06. The predicted octanol–water partition coefficient (Wildman–Crippen LogP) is 2.35. The third-order valence-electron chi connectivity index (χ3n) is 5.82. The van der Waals surface area contributed by atoms with Gasteiger partial charge in [0, 0.05) is 42.6 Å². The topological polar surface area (TPSA) is 69.6 Å². The van der Waals surface area contributed by atoms with E-state index in [0.717, 1.165) is 5.56 Å². The monoisotopic (exact) mass is 428 g/mol. The zero-order chi connectivity index (χ0) is 21.1. The number of hydrogen-bond donors (Lipinski definition) is 2. The molecule has 0 unspecified atom stereocenters. The van der Waals surface area contributed by atoms with E-state index < -0.39 is 23.8 Å². The van der Waals surface area contributed by atoms with Crippen LogP contribution in [0.15, 0.2) is 54.6 Å². The van der Waals surface area contributed by atoms with Gasteiger partial charge in [-0.1, -0.05) is 30.3 Å². The van der Waals surface area contributed by atoms with Gasteiger partial charge < -0.3 is 10.4 Å². The Morgan fingerprint density at radius 3 is 2.40 bits per heavy atom. The van der Waals surface area contributed by atoms with Gasteiger partial charge >= 0.3 is 0 Å². The van der Waals surface area contributed by atoms with Crippen molar-refractivity contribution in [3.63, 3.8) is 0 Å². The number of rotatable bonds is 6. The van der Waals surface area contributed by atoms with Crippen molar-refractivity contribution in [1.82, 2.24) is 10.2 Å². The minimum absolute atomic E-state index is 0.146. The number of benzene rings is 2. The van der Waals surface area contributed by atoms with E-state index >= 15 is 0 Å². The van der Waals surface area contributed by atoms with Gasteiger partial charge in [-0.15, -0.1) is 0 Å². The lowest BCUT2D eigenvalue weighted by Gasteiger charge is -2.21. The van der Waals surface area contributed by atoms with Gasteiger partial charge in [-0.25, -0.2) is 4.39 Å². The Morgan fingerprint density at radius 1 is 1.03 bits per heavy atom. The van der Waals surface area contributed by atoms with Crippen LogP contribution in [0.2, 0.25) is 0 Å². The van der Waals surface area contributed by atoms with Crippen LogP contribution in [-0.4, -0.2) is 58.4 Å². The highest BCUT2D eigenvalue weighted by molar-refractivity contribution is 7.99. The molecular formula is C23H25FN2O3S. The number of ketones is 1. The molecule has 2 heterocycles. The highest BCUT2D eigenvalue weighted by Gasteiger charge is 2.43. The Labute approximate surface area is 179 Å². The fourth-order valence-corrected chi connectivity index (χ4v) is 5.36. The molecule has 4 rings (SSSR count). The van der Waals surface area contributed by atoms with Crippen LogP contribution in [0.1, 0.15) is 15.9 Å². The molecule has 0 saturated carbocycles. The number of aliphatic hydroxyl groups is 1. The summed E-state index contributed by atoms with van der Waals surface area (Å²) in [6, 6.07) is 15.1. The second-order valence-electron chi connectivity index (χ2n) is 7.98. The first-order valence-electron chi connectivity index (χ1n) is 10.1. The number of thioether (sulfide) groups is 1. The molecular weight excluding hydrogens is 403 g/mol. The van der Waals surface area contributed by atoms with Crippen LogP contribution >= 0.6 is 11.8 Å². The van der Waals surface area contributed by atoms with Crippen molar-refractivity contribution in [2.45, 2.75) is 18.7 Å². The standard InChI is InChI=1S/C23H25FN2O3S/c24-17-8-6-16(7-9-17)22(28)18-11-26(10-15-4-2-1-3-5-15)12-19(18)23(29)25-20-13-30-14-21(20)27/h1-9,18-21,27H,10-14H2,(H,25,29)/t18-,19-,20-,21-/m1/s1. The molecule has 0 aromatic heterocycles. The molecule has 4 atom stereocenters. The van der Waals surface area contributed by atoms with Crippen LogP contribution < -0.4 is 5.32 Å². The Morgan fingerprint density at radius 2 is 1.73 bits per heavy atom. The Balaban J connectivity index is 1.52. The SMILES string of the molecule is O=C(N[C@@H]1CSC[C@H]1O)[C@@H]1CN(Cc2ccccc2)C[C@H]1C(=O)c1ccc(F)cc1. The number of amides is 1. The van der Waals surface area contributed by atoms with E-state index in [1.54, 1.807) is 11.8 Å². The zero-order valence-electron chi connectivity index (χ0n) is 16.5. The molecule has 30 heavy (non-hydrogen) atoms. The van der Waals surface area contributed by atoms with Crippen molar-refractivity contribution in [2.75, 3.05) is 24.6 Å². The summed E-state index contributed by atoms with van der Waals surface area (Å²) in [7, 11) is 0. The van der Waals surface area contributed by atoms with E-state index in [9.17, 15) is 19.1 Å². The fourth-order valence-electron chi connectivity index (χ4n) is 4.19. The van der Waals surface area contributed by atoms with Crippen molar-refractivity contribution in [2.24, 2.45) is 11.8 Å². The van der Waals surface area contributed by atoms with Gasteiger partial charge in [0.2, 0.25) is 5.91 Å². The van der Waals surface area contributed by atoms with Crippen molar-refractivity contribution < 1.29 is 19.1 Å². The molecule has 1 amide bonds. The molecule has 7 heteroatoms. The summed E-state index contributed by atoms with van der Waals surface area (Å²) in [5, 5.41) is 13.0. The summed E-state index contributed by atoms with van der Waals surface area (Å²) in [6.45, 7) is 1.58. The number of nitrogens with zero attached hydrogens (tertiary/aromatic N) is 1. The Kier molecular flexibility index (Phi) is 6.51. The maximum Gasteiger partial charge on any atom is 0.225 e. The van der Waals surface area contributed by atoms with Gasteiger partial charge in [0.15, 0.2) is 5.78 Å². The summed E-state index contributed by atoms with van der Waals surface area (Å²) in [5.41, 5.74) is 1.53. The van der Waals surface area contributed by atoms with E-state index in [-0.39, 0.29) is 17.7 Å². The highest BCUT2D eigenvalue weighted by Crippen LogP contribution is 2.29. The van der Waals surface area contributed by atoms with E-state index in [2.05, 4.69) is 10.2 Å². The fraction of sp³-hybridized carbons (Fsp3) is 0.391. The summed E-state index contributed by atoms with van der Waals surface area (Å²) < 4.78 is 13.3. The third-order valence-corrected chi connectivity index (χ3v) is 7.00. The van der Waals surface area contributed by atoms with Crippen molar-refractivity contribution in [3.8, 4) is 0 Å². The molecule has 2 saturated heterocycles. The average molecular weight is 429 g/mol. The third kappa shape index (κ3) is 4.74. The van der Waals surface area contributed by atoms with Gasteiger partial charge in [0.1, 0.15) is 5.82 Å². The maximum absolute atomic E-state index is 13.3. The van der Waals surface area contributed by atoms with E-state index in [4.69, 9.17) is 0 Å². The molecule has 158 valence electrons. The Hall–Kier alpha value is -2.22. The first-order valence-corrected chi connectivity index (χ1v) is 11.3. The maximum atomic E-state index is 13.3. The minimum Gasteiger partial charge on any atom is -0.390 e. The number of carbonyl (C=O) groups excluding carboxylic acids is 2. The van der Waals surface area contributed by atoms with Crippen LogP contribution in [-0.2, 0) is 11.3 Å². The second kappa shape index (κ2) is 9.29. The van der Waals surface area contributed by atoms with Crippen LogP contribution in [0.3, 0.4) is 0 Å². The minimum atomic E-state index is -0.563. The number of halogens is 1. The van der Waals surface area contributed by atoms with Crippen molar-refractivity contribution in [3.05, 3.63) is 71.5 Å². The van der Waals surface area contributed by atoms with Gasteiger partial charge in [0.25, 0.3) is 0 Å². The summed E-state index contributed by atoms with van der Waals surface area (Å²) in [5.74, 6) is -0.484. The highest BCUT2D eigenvalue weighted by atomic mass is 32.2. The smallest absolute Gasteiger partial charge is 0.225 e. The number of hydrogen-bond acceptors (Lipinski definition) is 5. The van der Waals surface area contributed by atoms with Crippen LogP contribution in [0.4, 0.5) is 4.39 Å². The summed E-state index contributed by atoms with van der Waals surface area (Å²) in [4.78, 5) is 28.4. The first kappa shape index (κ1) is 21.0. The van der Waals surface area contributed by atoms with E-state index in [0.29, 0.717) is 36.7 Å². The number of Topliss-reactive ketones (excluding diaryl/α,β-unsaturated/α-hetero) is 1. The molecule has 0 spiro atoms. The normalized spacial score (nSPS) is 26.6. The van der Waals surface area contributed by atoms with Gasteiger partial charge in [-0.3, -0.25) is 14.5 Å². The molecule has 0 bridgehead atoms. The number of aliphatic hydroxyl groups excluding tert-OH is 1. The molecule has 2 N–H and O–H groups in total. The van der Waals surface area contributed by atoms with Gasteiger partial charge in [-0.05, 0) is 29.8 Å². The summed E-state index contributed by atoms with van der Waals surface area (Å²) >= 11 is 1.60. The molecule has 2 fully saturated rings. The molecule has 2 aliphatic heterocycles. The lowest BCUT2D eigenvalue weighted by atomic mass is 9.87. The number of carbonyl (C=O) groups is 2. The van der Waals surface area contributed by atoms with Crippen molar-refractivity contribution in [1.29, 1.82) is 0 Å². The molecule has 2 aromatic rings. The Bertz CT molecular complexity index is 893. The van der Waals surface area contributed by atoms with Gasteiger partial charge in [0.05, 0.1) is 18.1 Å². The lowest BCUT2D eigenvalue weighted by molar-refractivity contribution is -0.126. The predicted molar refractivity (Wildman–Crippen MR) is 115 cm³/mol. The van der Waals surface area contributed by atoms with Crippen LogP contribution in [0.25, 0.3) is 0 Å². The number of likely N-dealkylation sites (tertiary alicyclic amines) is 1. The average Bonchev–Trinajstić information content (AvgIpc) is 3.35. The first-order chi connectivity index (χ1) is 14.5.